The first-order valence-electron chi connectivity index (χ1n) is 9.59. The number of carbonyl (C=O) groups is 2. The smallest absolute Gasteiger partial charge is 0.339 e. The zero-order valence-electron chi connectivity index (χ0n) is 17.3. The zero-order chi connectivity index (χ0) is 23.1. The highest BCUT2D eigenvalue weighted by Crippen LogP contribution is 2.28. The van der Waals surface area contributed by atoms with Gasteiger partial charge in [0.2, 0.25) is 0 Å². The number of benzene rings is 2. The van der Waals surface area contributed by atoms with Crippen LogP contribution in [0.1, 0.15) is 23.0 Å². The van der Waals surface area contributed by atoms with Crippen LogP contribution < -0.4 is 10.1 Å². The lowest BCUT2D eigenvalue weighted by molar-refractivity contribution is -0.112. The summed E-state index contributed by atoms with van der Waals surface area (Å²) in [6.45, 7) is 1.93. The summed E-state index contributed by atoms with van der Waals surface area (Å²) >= 11 is 6.10. The van der Waals surface area contributed by atoms with E-state index in [9.17, 15) is 14.9 Å². The minimum atomic E-state index is -0.577. The van der Waals surface area contributed by atoms with Crippen LogP contribution in [-0.2, 0) is 9.53 Å². The summed E-state index contributed by atoms with van der Waals surface area (Å²) in [5, 5.41) is 12.3. The van der Waals surface area contributed by atoms with Crippen LogP contribution >= 0.6 is 11.6 Å². The molecule has 0 atom stereocenters. The molecular formula is C24H19ClN2O5. The van der Waals surface area contributed by atoms with Crippen molar-refractivity contribution in [3.63, 3.8) is 0 Å². The third-order valence-electron chi connectivity index (χ3n) is 4.37. The van der Waals surface area contributed by atoms with Gasteiger partial charge in [0.15, 0.2) is 0 Å². The van der Waals surface area contributed by atoms with Crippen LogP contribution in [0.5, 0.6) is 5.75 Å². The first-order valence-corrected chi connectivity index (χ1v) is 9.97. The van der Waals surface area contributed by atoms with E-state index >= 15 is 0 Å². The predicted molar refractivity (Wildman–Crippen MR) is 120 cm³/mol. The normalized spacial score (nSPS) is 10.9. The predicted octanol–water partition coefficient (Wildman–Crippen LogP) is 5.33. The van der Waals surface area contributed by atoms with Crippen LogP contribution in [0.3, 0.4) is 0 Å². The molecule has 7 nitrogen and oxygen atoms in total. The summed E-state index contributed by atoms with van der Waals surface area (Å²) in [4.78, 5) is 24.5. The van der Waals surface area contributed by atoms with Crippen LogP contribution in [0, 0.1) is 11.3 Å². The summed E-state index contributed by atoms with van der Waals surface area (Å²) in [6, 6.07) is 16.7. The maximum absolute atomic E-state index is 12.5. The Labute approximate surface area is 189 Å². The minimum Gasteiger partial charge on any atom is -0.497 e. The quantitative estimate of drug-likeness (QED) is 0.296. The van der Waals surface area contributed by atoms with Crippen molar-refractivity contribution in [2.75, 3.05) is 19.0 Å². The molecular weight excluding hydrogens is 432 g/mol. The van der Waals surface area contributed by atoms with Crippen molar-refractivity contribution in [2.24, 2.45) is 0 Å². The van der Waals surface area contributed by atoms with E-state index in [1.165, 1.54) is 6.08 Å². The SMILES string of the molecule is CCOC(=O)c1cc(-c2ccc(/C=C(\C#N)C(=O)Nc3ccc(OC)cc3)o2)ccc1Cl. The first kappa shape index (κ1) is 22.7. The van der Waals surface area contributed by atoms with E-state index in [0.29, 0.717) is 28.5 Å². The number of amides is 1. The average Bonchev–Trinajstić information content (AvgIpc) is 3.27. The molecule has 1 amide bonds. The molecule has 0 fully saturated rings. The highest BCUT2D eigenvalue weighted by molar-refractivity contribution is 6.33. The largest absolute Gasteiger partial charge is 0.497 e. The molecule has 0 aliphatic carbocycles. The number of nitrogens with one attached hydrogen (secondary N) is 1. The standard InChI is InChI=1S/C24H19ClN2O5/c1-3-31-24(29)20-13-15(4-10-21(20)25)22-11-9-19(32-22)12-16(14-26)23(28)27-17-5-7-18(30-2)8-6-17/h4-13H,3H2,1-2H3,(H,27,28)/b16-12+. The summed E-state index contributed by atoms with van der Waals surface area (Å²) in [6.07, 6.45) is 1.34. The van der Waals surface area contributed by atoms with E-state index in [2.05, 4.69) is 5.32 Å². The van der Waals surface area contributed by atoms with Crippen molar-refractivity contribution in [3.05, 3.63) is 76.5 Å². The van der Waals surface area contributed by atoms with Gasteiger partial charge in [0.1, 0.15) is 28.9 Å². The van der Waals surface area contributed by atoms with E-state index in [0.717, 1.165) is 0 Å². The topological polar surface area (TPSA) is 102 Å². The zero-order valence-corrected chi connectivity index (χ0v) is 18.1. The number of furan rings is 1. The van der Waals surface area contributed by atoms with Gasteiger partial charge < -0.3 is 19.2 Å². The maximum atomic E-state index is 12.5. The first-order chi connectivity index (χ1) is 15.4. The molecule has 8 heteroatoms. The van der Waals surface area contributed by atoms with Crippen LogP contribution in [0.4, 0.5) is 5.69 Å². The fourth-order valence-electron chi connectivity index (χ4n) is 2.79. The Morgan fingerprint density at radius 2 is 1.91 bits per heavy atom. The van der Waals surface area contributed by atoms with Gasteiger partial charge in [0.25, 0.3) is 5.91 Å². The Bertz CT molecular complexity index is 1210. The van der Waals surface area contributed by atoms with E-state index < -0.39 is 11.9 Å². The second-order valence-electron chi connectivity index (χ2n) is 6.47. The number of nitrogens with zero attached hydrogens (tertiary/aromatic N) is 1. The minimum absolute atomic E-state index is 0.134. The molecule has 1 N–H and O–H groups in total. The third-order valence-corrected chi connectivity index (χ3v) is 4.70. The fourth-order valence-corrected chi connectivity index (χ4v) is 2.99. The number of ether oxygens (including phenoxy) is 2. The summed E-state index contributed by atoms with van der Waals surface area (Å²) in [5.41, 5.74) is 1.20. The molecule has 32 heavy (non-hydrogen) atoms. The van der Waals surface area contributed by atoms with E-state index in [-0.39, 0.29) is 22.8 Å². The lowest BCUT2D eigenvalue weighted by Gasteiger charge is -2.06. The Morgan fingerprint density at radius 1 is 1.16 bits per heavy atom. The van der Waals surface area contributed by atoms with Gasteiger partial charge >= 0.3 is 5.97 Å². The van der Waals surface area contributed by atoms with Gasteiger partial charge in [-0.15, -0.1) is 0 Å². The molecule has 2 aromatic carbocycles. The van der Waals surface area contributed by atoms with E-state index in [4.69, 9.17) is 25.5 Å². The number of hydrogen-bond donors (Lipinski definition) is 1. The molecule has 0 saturated heterocycles. The maximum Gasteiger partial charge on any atom is 0.339 e. The van der Waals surface area contributed by atoms with Crippen molar-refractivity contribution in [3.8, 4) is 23.1 Å². The molecule has 0 radical (unpaired) electrons. The molecule has 0 spiro atoms. The molecule has 0 aliphatic rings. The molecule has 1 heterocycles. The van der Waals surface area contributed by atoms with Gasteiger partial charge in [-0.2, -0.15) is 5.26 Å². The number of methoxy groups -OCH3 is 1. The van der Waals surface area contributed by atoms with Crippen LogP contribution in [0.2, 0.25) is 5.02 Å². The van der Waals surface area contributed by atoms with Crippen molar-refractivity contribution in [2.45, 2.75) is 6.92 Å². The number of esters is 1. The van der Waals surface area contributed by atoms with Crippen LogP contribution in [0.15, 0.2) is 64.6 Å². The Kier molecular flexibility index (Phi) is 7.32. The van der Waals surface area contributed by atoms with Crippen LogP contribution in [-0.4, -0.2) is 25.6 Å². The molecule has 3 rings (SSSR count). The molecule has 162 valence electrons. The highest BCUT2D eigenvalue weighted by atomic mass is 35.5. The van der Waals surface area contributed by atoms with E-state index in [1.54, 1.807) is 68.6 Å². The fraction of sp³-hybridized carbons (Fsp3) is 0.125. The van der Waals surface area contributed by atoms with Gasteiger partial charge in [-0.1, -0.05) is 11.6 Å². The summed E-state index contributed by atoms with van der Waals surface area (Å²) < 4.78 is 15.8. The van der Waals surface area contributed by atoms with Crippen molar-refractivity contribution in [1.29, 1.82) is 5.26 Å². The third kappa shape index (κ3) is 5.36. The van der Waals surface area contributed by atoms with Gasteiger partial charge in [-0.05, 0) is 61.5 Å². The lowest BCUT2D eigenvalue weighted by atomic mass is 10.1. The average molecular weight is 451 g/mol. The summed E-state index contributed by atoms with van der Waals surface area (Å²) in [7, 11) is 1.55. The van der Waals surface area contributed by atoms with Crippen molar-refractivity contribution in [1.82, 2.24) is 0 Å². The monoisotopic (exact) mass is 450 g/mol. The second-order valence-corrected chi connectivity index (χ2v) is 6.88. The van der Waals surface area contributed by atoms with Gasteiger partial charge in [-0.3, -0.25) is 4.79 Å². The molecule has 1 aromatic heterocycles. The number of hydrogen-bond acceptors (Lipinski definition) is 6. The number of nitriles is 1. The second kappa shape index (κ2) is 10.3. The van der Waals surface area contributed by atoms with Gasteiger partial charge in [-0.25, -0.2) is 4.79 Å². The van der Waals surface area contributed by atoms with Crippen molar-refractivity contribution >= 4 is 35.2 Å². The number of anilines is 1. The number of carbonyl (C=O) groups excluding carboxylic acids is 2. The van der Waals surface area contributed by atoms with Crippen LogP contribution in [0.25, 0.3) is 17.4 Å². The Hall–Kier alpha value is -4.02. The lowest BCUT2D eigenvalue weighted by Crippen LogP contribution is -2.13. The molecule has 0 saturated carbocycles. The molecule has 0 unspecified atom stereocenters. The Balaban J connectivity index is 1.80. The van der Waals surface area contributed by atoms with Crippen molar-refractivity contribution < 1.29 is 23.5 Å². The number of halogens is 1. The molecule has 0 bridgehead atoms. The van der Waals surface area contributed by atoms with E-state index in [1.807, 2.05) is 6.07 Å². The van der Waals surface area contributed by atoms with Gasteiger partial charge in [0, 0.05) is 17.3 Å². The molecule has 3 aromatic rings. The summed E-state index contributed by atoms with van der Waals surface area (Å²) in [5.74, 6) is 0.274. The highest BCUT2D eigenvalue weighted by Gasteiger charge is 2.15. The molecule has 0 aliphatic heterocycles. The van der Waals surface area contributed by atoms with Gasteiger partial charge in [0.05, 0.1) is 24.3 Å². The number of rotatable bonds is 7. The Morgan fingerprint density at radius 3 is 2.56 bits per heavy atom.